The van der Waals surface area contributed by atoms with Gasteiger partial charge in [0.2, 0.25) is 0 Å². The molecule has 0 aromatic heterocycles. The predicted molar refractivity (Wildman–Crippen MR) is 81.4 cm³/mol. The van der Waals surface area contributed by atoms with Gasteiger partial charge in [-0.2, -0.15) is 0 Å². The van der Waals surface area contributed by atoms with E-state index in [2.05, 4.69) is 67.0 Å². The van der Waals surface area contributed by atoms with Gasteiger partial charge in [0.05, 0.1) is 0 Å². The van der Waals surface area contributed by atoms with Crippen LogP contribution < -0.4 is 5.32 Å². The Balaban J connectivity index is 1.93. The molecule has 0 aliphatic heterocycles. The molecular weight excluding hydrogens is 238 g/mol. The molecule has 18 heavy (non-hydrogen) atoms. The molecular formula is C16H19NS. The third-order valence-electron chi connectivity index (χ3n) is 3.02. The second-order valence-electron chi connectivity index (χ2n) is 4.25. The van der Waals surface area contributed by atoms with Crippen molar-refractivity contribution in [1.29, 1.82) is 0 Å². The summed E-state index contributed by atoms with van der Waals surface area (Å²) in [5, 5.41) is 3.44. The van der Waals surface area contributed by atoms with Crippen LogP contribution in [0, 0.1) is 0 Å². The number of hydrogen-bond donors (Lipinski definition) is 1. The molecule has 0 heterocycles. The van der Waals surface area contributed by atoms with Crippen LogP contribution in [0.1, 0.15) is 18.1 Å². The van der Waals surface area contributed by atoms with Crippen molar-refractivity contribution in [1.82, 2.24) is 0 Å². The summed E-state index contributed by atoms with van der Waals surface area (Å²) in [6.07, 6.45) is 3.20. The maximum atomic E-state index is 3.44. The van der Waals surface area contributed by atoms with Gasteiger partial charge in [0, 0.05) is 17.1 Å². The van der Waals surface area contributed by atoms with Gasteiger partial charge < -0.3 is 5.32 Å². The van der Waals surface area contributed by atoms with Gasteiger partial charge in [0.25, 0.3) is 0 Å². The second-order valence-corrected chi connectivity index (χ2v) is 5.13. The van der Waals surface area contributed by atoms with E-state index in [9.17, 15) is 0 Å². The largest absolute Gasteiger partial charge is 0.381 e. The fourth-order valence-electron chi connectivity index (χ4n) is 1.81. The van der Waals surface area contributed by atoms with Gasteiger partial charge in [-0.25, -0.2) is 0 Å². The number of thioether (sulfide) groups is 1. The van der Waals surface area contributed by atoms with Gasteiger partial charge in [-0.1, -0.05) is 31.2 Å². The minimum Gasteiger partial charge on any atom is -0.381 e. The maximum absolute atomic E-state index is 3.44. The topological polar surface area (TPSA) is 12.0 Å². The molecule has 2 aromatic rings. The van der Waals surface area contributed by atoms with Crippen molar-refractivity contribution in [3.05, 3.63) is 59.7 Å². The summed E-state index contributed by atoms with van der Waals surface area (Å²) in [4.78, 5) is 1.30. The van der Waals surface area contributed by atoms with E-state index in [0.717, 1.165) is 13.0 Å². The molecule has 0 radical (unpaired) electrons. The molecule has 0 fully saturated rings. The van der Waals surface area contributed by atoms with E-state index < -0.39 is 0 Å². The van der Waals surface area contributed by atoms with Gasteiger partial charge in [-0.05, 0) is 48.1 Å². The lowest BCUT2D eigenvalue weighted by atomic mass is 10.1. The Hall–Kier alpha value is -1.41. The average Bonchev–Trinajstić information content (AvgIpc) is 2.46. The third kappa shape index (κ3) is 3.54. The van der Waals surface area contributed by atoms with Gasteiger partial charge in [-0.3, -0.25) is 0 Å². The van der Waals surface area contributed by atoms with Gasteiger partial charge >= 0.3 is 0 Å². The van der Waals surface area contributed by atoms with Crippen LogP contribution in [-0.2, 0) is 13.0 Å². The number of anilines is 1. The van der Waals surface area contributed by atoms with Crippen molar-refractivity contribution < 1.29 is 0 Å². The number of aryl methyl sites for hydroxylation is 1. The predicted octanol–water partition coefficient (Wildman–Crippen LogP) is 4.58. The molecule has 0 saturated carbocycles. The standard InChI is InChI=1S/C16H19NS/c1-3-13-4-6-14(7-5-13)12-17-15-8-10-16(18-2)11-9-15/h4-11,17H,3,12H2,1-2H3. The first kappa shape index (κ1) is 13.0. The molecule has 0 aliphatic rings. The smallest absolute Gasteiger partial charge is 0.0400 e. The van der Waals surface area contributed by atoms with Crippen molar-refractivity contribution in [2.24, 2.45) is 0 Å². The van der Waals surface area contributed by atoms with Crippen molar-refractivity contribution in [2.75, 3.05) is 11.6 Å². The number of rotatable bonds is 5. The van der Waals surface area contributed by atoms with Crippen LogP contribution in [0.15, 0.2) is 53.4 Å². The zero-order valence-electron chi connectivity index (χ0n) is 10.9. The Bertz CT molecular complexity index is 426. The van der Waals surface area contributed by atoms with E-state index in [1.807, 2.05) is 0 Å². The quantitative estimate of drug-likeness (QED) is 0.787. The van der Waals surface area contributed by atoms with Crippen LogP contribution in [-0.4, -0.2) is 6.26 Å². The fourth-order valence-corrected chi connectivity index (χ4v) is 2.21. The molecule has 94 valence electrons. The summed E-state index contributed by atoms with van der Waals surface area (Å²) in [6, 6.07) is 17.4. The van der Waals surface area contributed by atoms with Crippen LogP contribution in [0.5, 0.6) is 0 Å². The zero-order valence-corrected chi connectivity index (χ0v) is 11.8. The molecule has 1 nitrogen and oxygen atoms in total. The summed E-state index contributed by atoms with van der Waals surface area (Å²) < 4.78 is 0. The molecule has 0 saturated heterocycles. The third-order valence-corrected chi connectivity index (χ3v) is 3.76. The average molecular weight is 257 g/mol. The highest BCUT2D eigenvalue weighted by Crippen LogP contribution is 2.18. The van der Waals surface area contributed by atoms with Crippen molar-refractivity contribution in [3.63, 3.8) is 0 Å². The van der Waals surface area contributed by atoms with E-state index in [1.54, 1.807) is 11.8 Å². The van der Waals surface area contributed by atoms with Gasteiger partial charge in [0.15, 0.2) is 0 Å². The molecule has 0 bridgehead atoms. The Morgan fingerprint density at radius 2 is 1.50 bits per heavy atom. The molecule has 0 spiro atoms. The number of hydrogen-bond acceptors (Lipinski definition) is 2. The highest BCUT2D eigenvalue weighted by Gasteiger charge is 1.95. The molecule has 2 heteroatoms. The minimum absolute atomic E-state index is 0.878. The monoisotopic (exact) mass is 257 g/mol. The van der Waals surface area contributed by atoms with Crippen LogP contribution in [0.25, 0.3) is 0 Å². The van der Waals surface area contributed by atoms with E-state index >= 15 is 0 Å². The minimum atomic E-state index is 0.878. The first-order valence-corrected chi connectivity index (χ1v) is 7.50. The molecule has 2 aromatic carbocycles. The zero-order chi connectivity index (χ0) is 12.8. The SMILES string of the molecule is CCc1ccc(CNc2ccc(SC)cc2)cc1. The summed E-state index contributed by atoms with van der Waals surface area (Å²) in [5.41, 5.74) is 3.89. The van der Waals surface area contributed by atoms with Crippen LogP contribution in [0.4, 0.5) is 5.69 Å². The van der Waals surface area contributed by atoms with Crippen LogP contribution in [0.2, 0.25) is 0 Å². The van der Waals surface area contributed by atoms with E-state index in [1.165, 1.54) is 21.7 Å². The summed E-state index contributed by atoms with van der Waals surface area (Å²) in [6.45, 7) is 3.06. The normalized spacial score (nSPS) is 10.3. The lowest BCUT2D eigenvalue weighted by Gasteiger charge is -2.07. The lowest BCUT2D eigenvalue weighted by Crippen LogP contribution is -1.99. The Morgan fingerprint density at radius 1 is 0.889 bits per heavy atom. The Labute approximate surface area is 114 Å². The van der Waals surface area contributed by atoms with Crippen molar-refractivity contribution in [2.45, 2.75) is 24.8 Å². The molecule has 0 unspecified atom stereocenters. The second kappa shape index (κ2) is 6.50. The van der Waals surface area contributed by atoms with E-state index in [-0.39, 0.29) is 0 Å². The van der Waals surface area contributed by atoms with Gasteiger partial charge in [0.1, 0.15) is 0 Å². The summed E-state index contributed by atoms with van der Waals surface area (Å²) >= 11 is 1.77. The van der Waals surface area contributed by atoms with Crippen LogP contribution in [0.3, 0.4) is 0 Å². The van der Waals surface area contributed by atoms with E-state index in [0.29, 0.717) is 0 Å². The first-order chi connectivity index (χ1) is 8.81. The fraction of sp³-hybridized carbons (Fsp3) is 0.250. The molecule has 0 amide bonds. The molecule has 0 aliphatic carbocycles. The summed E-state index contributed by atoms with van der Waals surface area (Å²) in [7, 11) is 0. The molecule has 0 atom stereocenters. The Morgan fingerprint density at radius 3 is 2.06 bits per heavy atom. The number of nitrogens with one attached hydrogen (secondary N) is 1. The first-order valence-electron chi connectivity index (χ1n) is 6.27. The number of benzene rings is 2. The van der Waals surface area contributed by atoms with Crippen molar-refractivity contribution >= 4 is 17.4 Å². The van der Waals surface area contributed by atoms with E-state index in [4.69, 9.17) is 0 Å². The van der Waals surface area contributed by atoms with Crippen LogP contribution >= 0.6 is 11.8 Å². The highest BCUT2D eigenvalue weighted by atomic mass is 32.2. The maximum Gasteiger partial charge on any atom is 0.0400 e. The van der Waals surface area contributed by atoms with Gasteiger partial charge in [-0.15, -0.1) is 11.8 Å². The summed E-state index contributed by atoms with van der Waals surface area (Å²) in [5.74, 6) is 0. The molecule has 1 N–H and O–H groups in total. The lowest BCUT2D eigenvalue weighted by molar-refractivity contribution is 1.10. The molecule has 2 rings (SSSR count). The van der Waals surface area contributed by atoms with Crippen molar-refractivity contribution in [3.8, 4) is 0 Å². The highest BCUT2D eigenvalue weighted by molar-refractivity contribution is 7.98. The Kier molecular flexibility index (Phi) is 4.71.